The standard InChI is InChI=1S/C16H15N3O4/c1-8(2)19-15-12(16(21)22)13(20)11(23-15)6-9-7-18-14-10(9)4-3-5-17-14/h3-8,19H,1-2H3,(H,17,18)(H,21,22). The van der Waals surface area contributed by atoms with Crippen LogP contribution < -0.4 is 5.32 Å². The highest BCUT2D eigenvalue weighted by atomic mass is 16.5. The zero-order chi connectivity index (χ0) is 16.6. The SMILES string of the molecule is CC(C)NC1=C(C(=O)O)C(=O)C(=Cc2c[nH]c3ncccc23)O1. The Morgan fingerprint density at radius 1 is 1.48 bits per heavy atom. The zero-order valence-corrected chi connectivity index (χ0v) is 12.6. The second kappa shape index (κ2) is 5.60. The first-order chi connectivity index (χ1) is 11.0. The van der Waals surface area contributed by atoms with E-state index >= 15 is 0 Å². The van der Waals surface area contributed by atoms with Gasteiger partial charge in [0.1, 0.15) is 5.65 Å². The third kappa shape index (κ3) is 2.68. The number of fused-ring (bicyclic) bond motifs is 1. The molecule has 3 rings (SSSR count). The smallest absolute Gasteiger partial charge is 0.345 e. The van der Waals surface area contributed by atoms with E-state index in [1.165, 1.54) is 6.08 Å². The number of carboxylic acids is 1. The van der Waals surface area contributed by atoms with E-state index < -0.39 is 11.8 Å². The Hall–Kier alpha value is -3.09. The highest BCUT2D eigenvalue weighted by Gasteiger charge is 2.36. The monoisotopic (exact) mass is 313 g/mol. The molecule has 23 heavy (non-hydrogen) atoms. The molecule has 0 fully saturated rings. The molecule has 1 aliphatic rings. The Kier molecular flexibility index (Phi) is 3.61. The minimum Gasteiger partial charge on any atom is -0.477 e. The fourth-order valence-electron chi connectivity index (χ4n) is 2.32. The van der Waals surface area contributed by atoms with Crippen molar-refractivity contribution in [1.82, 2.24) is 15.3 Å². The molecule has 118 valence electrons. The summed E-state index contributed by atoms with van der Waals surface area (Å²) in [5.74, 6) is -2.03. The number of ketones is 1. The summed E-state index contributed by atoms with van der Waals surface area (Å²) in [6.45, 7) is 3.65. The van der Waals surface area contributed by atoms with Gasteiger partial charge in [0, 0.05) is 29.4 Å². The van der Waals surface area contributed by atoms with Crippen molar-refractivity contribution < 1.29 is 19.4 Å². The van der Waals surface area contributed by atoms with E-state index in [2.05, 4.69) is 15.3 Å². The first-order valence-corrected chi connectivity index (χ1v) is 7.08. The summed E-state index contributed by atoms with van der Waals surface area (Å²) in [6, 6.07) is 3.56. The number of hydrogen-bond acceptors (Lipinski definition) is 5. The summed E-state index contributed by atoms with van der Waals surface area (Å²) < 4.78 is 5.45. The molecule has 7 heteroatoms. The van der Waals surface area contributed by atoms with Crippen LogP contribution in [0, 0.1) is 0 Å². The van der Waals surface area contributed by atoms with Crippen LogP contribution in [-0.2, 0) is 14.3 Å². The molecule has 0 saturated carbocycles. The fourth-order valence-corrected chi connectivity index (χ4v) is 2.32. The quantitative estimate of drug-likeness (QED) is 0.587. The molecular weight excluding hydrogens is 298 g/mol. The van der Waals surface area contributed by atoms with Gasteiger partial charge in [0.05, 0.1) is 0 Å². The van der Waals surface area contributed by atoms with Crippen LogP contribution in [0.5, 0.6) is 0 Å². The van der Waals surface area contributed by atoms with Crippen LogP contribution >= 0.6 is 0 Å². The Bertz CT molecular complexity index is 861. The Balaban J connectivity index is 1.99. The van der Waals surface area contributed by atoms with Crippen LogP contribution in [0.15, 0.2) is 41.7 Å². The maximum absolute atomic E-state index is 12.3. The minimum absolute atomic E-state index is 0.0262. The van der Waals surface area contributed by atoms with Gasteiger partial charge in [-0.05, 0) is 32.1 Å². The normalized spacial score (nSPS) is 16.5. The predicted octanol–water partition coefficient (Wildman–Crippen LogP) is 1.80. The molecule has 3 heterocycles. The summed E-state index contributed by atoms with van der Waals surface area (Å²) in [5, 5.41) is 12.9. The molecule has 0 spiro atoms. The van der Waals surface area contributed by atoms with Crippen molar-refractivity contribution in [1.29, 1.82) is 0 Å². The second-order valence-corrected chi connectivity index (χ2v) is 5.39. The molecule has 0 aromatic carbocycles. The van der Waals surface area contributed by atoms with Crippen molar-refractivity contribution in [2.45, 2.75) is 19.9 Å². The van der Waals surface area contributed by atoms with Crippen LogP contribution in [-0.4, -0.2) is 32.9 Å². The molecule has 0 unspecified atom stereocenters. The van der Waals surface area contributed by atoms with Gasteiger partial charge in [-0.2, -0.15) is 0 Å². The zero-order valence-electron chi connectivity index (χ0n) is 12.6. The van der Waals surface area contributed by atoms with Crippen molar-refractivity contribution in [3.63, 3.8) is 0 Å². The molecule has 0 atom stereocenters. The summed E-state index contributed by atoms with van der Waals surface area (Å²) in [5.41, 5.74) is 0.992. The molecule has 0 bridgehead atoms. The van der Waals surface area contributed by atoms with E-state index in [1.54, 1.807) is 18.5 Å². The Morgan fingerprint density at radius 3 is 2.96 bits per heavy atom. The first-order valence-electron chi connectivity index (χ1n) is 7.08. The highest BCUT2D eigenvalue weighted by Crippen LogP contribution is 2.27. The Labute approximate surface area is 131 Å². The number of Topliss-reactive ketones (excluding diaryl/α,β-unsaturated/α-hetero) is 1. The van der Waals surface area contributed by atoms with Gasteiger partial charge in [0.25, 0.3) is 0 Å². The van der Waals surface area contributed by atoms with E-state index in [-0.39, 0.29) is 23.3 Å². The first kappa shape index (κ1) is 14.8. The largest absolute Gasteiger partial charge is 0.477 e. The number of rotatable bonds is 4. The molecule has 2 aromatic heterocycles. The van der Waals surface area contributed by atoms with Gasteiger partial charge < -0.3 is 20.1 Å². The lowest BCUT2D eigenvalue weighted by Gasteiger charge is -2.10. The molecule has 3 N–H and O–H groups in total. The average molecular weight is 313 g/mol. The lowest BCUT2D eigenvalue weighted by Crippen LogP contribution is -2.24. The van der Waals surface area contributed by atoms with Crippen LogP contribution in [0.4, 0.5) is 0 Å². The summed E-state index contributed by atoms with van der Waals surface area (Å²) in [6.07, 6.45) is 4.86. The third-order valence-electron chi connectivity index (χ3n) is 3.29. The summed E-state index contributed by atoms with van der Waals surface area (Å²) in [4.78, 5) is 30.8. The number of aromatic amines is 1. The second-order valence-electron chi connectivity index (χ2n) is 5.39. The topological polar surface area (TPSA) is 104 Å². The molecule has 2 aromatic rings. The van der Waals surface area contributed by atoms with Crippen molar-refractivity contribution in [3.8, 4) is 0 Å². The van der Waals surface area contributed by atoms with E-state index in [1.807, 2.05) is 19.9 Å². The number of nitrogens with zero attached hydrogens (tertiary/aromatic N) is 1. The van der Waals surface area contributed by atoms with E-state index in [0.717, 1.165) is 5.39 Å². The average Bonchev–Trinajstić information content (AvgIpc) is 3.01. The highest BCUT2D eigenvalue weighted by molar-refractivity contribution is 6.26. The van der Waals surface area contributed by atoms with Crippen LogP contribution in [0.2, 0.25) is 0 Å². The molecule has 0 saturated heterocycles. The number of nitrogens with one attached hydrogen (secondary N) is 2. The number of hydrogen-bond donors (Lipinski definition) is 3. The number of H-pyrrole nitrogens is 1. The number of aromatic nitrogens is 2. The third-order valence-corrected chi connectivity index (χ3v) is 3.29. The number of allylic oxidation sites excluding steroid dienone is 1. The van der Waals surface area contributed by atoms with Gasteiger partial charge in [-0.15, -0.1) is 0 Å². The number of carboxylic acid groups (broad SMARTS) is 1. The maximum Gasteiger partial charge on any atom is 0.345 e. The summed E-state index contributed by atoms with van der Waals surface area (Å²) in [7, 11) is 0. The Morgan fingerprint density at radius 2 is 2.26 bits per heavy atom. The molecule has 0 amide bonds. The van der Waals surface area contributed by atoms with Crippen LogP contribution in [0.1, 0.15) is 19.4 Å². The fraction of sp³-hybridized carbons (Fsp3) is 0.188. The van der Waals surface area contributed by atoms with Gasteiger partial charge in [-0.25, -0.2) is 9.78 Å². The predicted molar refractivity (Wildman–Crippen MR) is 83.1 cm³/mol. The van der Waals surface area contributed by atoms with Crippen LogP contribution in [0.3, 0.4) is 0 Å². The number of carbonyl (C=O) groups is 2. The summed E-state index contributed by atoms with van der Waals surface area (Å²) >= 11 is 0. The number of pyridine rings is 1. The number of carbonyl (C=O) groups excluding carboxylic acids is 1. The molecule has 1 aliphatic heterocycles. The van der Waals surface area contributed by atoms with Gasteiger partial charge in [-0.3, -0.25) is 4.79 Å². The van der Waals surface area contributed by atoms with Gasteiger partial charge in [0.15, 0.2) is 11.3 Å². The van der Waals surface area contributed by atoms with Crippen molar-refractivity contribution in [2.75, 3.05) is 0 Å². The van der Waals surface area contributed by atoms with Crippen molar-refractivity contribution >= 4 is 28.9 Å². The van der Waals surface area contributed by atoms with E-state index in [4.69, 9.17) is 4.74 Å². The molecule has 0 aliphatic carbocycles. The minimum atomic E-state index is -1.32. The van der Waals surface area contributed by atoms with Crippen molar-refractivity contribution in [3.05, 3.63) is 47.3 Å². The van der Waals surface area contributed by atoms with E-state index in [9.17, 15) is 14.7 Å². The van der Waals surface area contributed by atoms with Gasteiger partial charge >= 0.3 is 5.97 Å². The van der Waals surface area contributed by atoms with Crippen LogP contribution in [0.25, 0.3) is 17.1 Å². The molecule has 0 radical (unpaired) electrons. The van der Waals surface area contributed by atoms with Crippen molar-refractivity contribution in [2.24, 2.45) is 0 Å². The lowest BCUT2D eigenvalue weighted by atomic mass is 10.1. The maximum atomic E-state index is 12.3. The van der Waals surface area contributed by atoms with Gasteiger partial charge in [-0.1, -0.05) is 0 Å². The molecular formula is C16H15N3O4. The van der Waals surface area contributed by atoms with E-state index in [0.29, 0.717) is 11.2 Å². The lowest BCUT2D eigenvalue weighted by molar-refractivity contribution is -0.134. The number of aliphatic carboxylic acids is 1. The van der Waals surface area contributed by atoms with Gasteiger partial charge in [0.2, 0.25) is 11.7 Å². The number of ether oxygens (including phenoxy) is 1. The molecule has 7 nitrogen and oxygen atoms in total.